The van der Waals surface area contributed by atoms with Gasteiger partial charge in [0.2, 0.25) is 0 Å². The zero-order chi connectivity index (χ0) is 18.0. The van der Waals surface area contributed by atoms with Gasteiger partial charge < -0.3 is 0 Å². The molecule has 0 saturated carbocycles. The summed E-state index contributed by atoms with van der Waals surface area (Å²) in [7, 11) is 0. The fraction of sp³-hybridized carbons (Fsp3) is 0.120. The van der Waals surface area contributed by atoms with Crippen LogP contribution in [0.15, 0.2) is 73.1 Å². The number of pyridine rings is 2. The summed E-state index contributed by atoms with van der Waals surface area (Å²) in [4.78, 5) is 9.34. The van der Waals surface area contributed by atoms with E-state index in [0.29, 0.717) is 5.92 Å². The molecule has 0 unspecified atom stereocenters. The molecule has 0 aliphatic heterocycles. The molecule has 0 fully saturated rings. The number of aromatic nitrogens is 2. The largest absolute Gasteiger partial charge is 0.254 e. The predicted octanol–water partition coefficient (Wildman–Crippen LogP) is 5.76. The fourth-order valence-corrected chi connectivity index (χ4v) is 4.88. The molecule has 2 heterocycles. The Hall–Kier alpha value is -3.26. The highest BCUT2D eigenvalue weighted by Gasteiger charge is 2.34. The van der Waals surface area contributed by atoms with Gasteiger partial charge in [-0.1, -0.05) is 55.5 Å². The second kappa shape index (κ2) is 5.37. The van der Waals surface area contributed by atoms with Crippen molar-refractivity contribution in [3.8, 4) is 11.4 Å². The molecule has 6 rings (SSSR count). The van der Waals surface area contributed by atoms with Gasteiger partial charge in [-0.2, -0.15) is 0 Å². The normalized spacial score (nSPS) is 17.1. The van der Waals surface area contributed by atoms with Crippen LogP contribution in [0.5, 0.6) is 0 Å². The lowest BCUT2D eigenvalue weighted by Gasteiger charge is -2.15. The molecule has 2 aliphatic carbocycles. The third-order valence-corrected chi connectivity index (χ3v) is 5.95. The van der Waals surface area contributed by atoms with Crippen LogP contribution in [0.3, 0.4) is 0 Å². The Labute approximate surface area is 158 Å². The molecule has 0 radical (unpaired) electrons. The van der Waals surface area contributed by atoms with E-state index in [0.717, 1.165) is 17.8 Å². The highest BCUT2D eigenvalue weighted by Crippen LogP contribution is 2.51. The molecule has 27 heavy (non-hydrogen) atoms. The lowest BCUT2D eigenvalue weighted by Crippen LogP contribution is -1.97. The van der Waals surface area contributed by atoms with Crippen molar-refractivity contribution in [1.82, 2.24) is 9.97 Å². The first-order chi connectivity index (χ1) is 13.3. The molecule has 0 amide bonds. The van der Waals surface area contributed by atoms with Crippen molar-refractivity contribution in [3.63, 3.8) is 0 Å². The molecular formula is C25H18N2. The third kappa shape index (κ3) is 1.95. The lowest BCUT2D eigenvalue weighted by atomic mass is 9.88. The molecule has 128 valence electrons. The van der Waals surface area contributed by atoms with Gasteiger partial charge >= 0.3 is 0 Å². The summed E-state index contributed by atoms with van der Waals surface area (Å²) in [6, 6.07) is 21.8. The zero-order valence-electron chi connectivity index (χ0n) is 15.1. The smallest absolute Gasteiger partial charge is 0.0971 e. The van der Waals surface area contributed by atoms with Crippen molar-refractivity contribution in [1.29, 1.82) is 0 Å². The zero-order valence-corrected chi connectivity index (χ0v) is 15.1. The maximum absolute atomic E-state index is 4.67. The van der Waals surface area contributed by atoms with Crippen LogP contribution in [0.4, 0.5) is 0 Å². The summed E-state index contributed by atoms with van der Waals surface area (Å²) < 4.78 is 0. The van der Waals surface area contributed by atoms with E-state index in [-0.39, 0.29) is 0 Å². The van der Waals surface area contributed by atoms with Gasteiger partial charge in [-0.05, 0) is 57.5 Å². The molecule has 4 aromatic rings. The summed E-state index contributed by atoms with van der Waals surface area (Å²) >= 11 is 0. The molecule has 0 spiro atoms. The lowest BCUT2D eigenvalue weighted by molar-refractivity contribution is 0.782. The van der Waals surface area contributed by atoms with E-state index in [9.17, 15) is 0 Å². The summed E-state index contributed by atoms with van der Waals surface area (Å²) in [5.41, 5.74) is 10.1. The van der Waals surface area contributed by atoms with E-state index < -0.39 is 0 Å². The van der Waals surface area contributed by atoms with Gasteiger partial charge in [-0.15, -0.1) is 0 Å². The maximum atomic E-state index is 4.67. The van der Waals surface area contributed by atoms with Crippen molar-refractivity contribution in [2.24, 2.45) is 5.92 Å². The molecule has 1 atom stereocenters. The van der Waals surface area contributed by atoms with Gasteiger partial charge in [0, 0.05) is 23.5 Å². The SMILES string of the molecule is C[C@@H]1Cc2ccc3ccccc3c2C1=C1c2cccnc2-c2ncccc21. The van der Waals surface area contributed by atoms with Crippen molar-refractivity contribution in [2.45, 2.75) is 13.3 Å². The molecule has 2 nitrogen and oxygen atoms in total. The van der Waals surface area contributed by atoms with Crippen LogP contribution < -0.4 is 0 Å². The summed E-state index contributed by atoms with van der Waals surface area (Å²) in [6.45, 7) is 2.35. The minimum absolute atomic E-state index is 0.472. The highest BCUT2D eigenvalue weighted by atomic mass is 14.8. The van der Waals surface area contributed by atoms with Crippen LogP contribution in [0, 0.1) is 5.92 Å². The third-order valence-electron chi connectivity index (χ3n) is 5.95. The van der Waals surface area contributed by atoms with E-state index in [1.807, 2.05) is 24.5 Å². The second-order valence-electron chi connectivity index (χ2n) is 7.51. The standard InChI is InChI=1S/C25H18N2/c1-15-14-17-11-10-16-6-2-3-7-18(16)22(17)21(15)23-19-8-4-12-26-24(19)25-20(23)9-5-13-27-25/h2-13,15H,14H2,1H3/t15-/m1/s1. The first-order valence-electron chi connectivity index (χ1n) is 9.49. The molecule has 0 saturated heterocycles. The average Bonchev–Trinajstić information content (AvgIpc) is 3.22. The van der Waals surface area contributed by atoms with Gasteiger partial charge in [-0.3, -0.25) is 9.97 Å². The Kier molecular flexibility index (Phi) is 2.96. The van der Waals surface area contributed by atoms with Crippen molar-refractivity contribution in [3.05, 3.63) is 95.3 Å². The summed E-state index contributed by atoms with van der Waals surface area (Å²) in [5.74, 6) is 0.472. The number of benzene rings is 2. The van der Waals surface area contributed by atoms with Crippen LogP contribution in [0.25, 0.3) is 33.3 Å². The number of hydrogen-bond acceptors (Lipinski definition) is 2. The quantitative estimate of drug-likeness (QED) is 0.356. The number of rotatable bonds is 0. The molecule has 2 aromatic heterocycles. The Bertz CT molecular complexity index is 1220. The first kappa shape index (κ1) is 14.9. The van der Waals surface area contributed by atoms with E-state index in [1.165, 1.54) is 44.2 Å². The van der Waals surface area contributed by atoms with Gasteiger partial charge in [0.05, 0.1) is 11.4 Å². The van der Waals surface area contributed by atoms with Gasteiger partial charge in [0.25, 0.3) is 0 Å². The minimum atomic E-state index is 0.472. The molecule has 2 aromatic carbocycles. The van der Waals surface area contributed by atoms with E-state index in [4.69, 9.17) is 0 Å². The van der Waals surface area contributed by atoms with Gasteiger partial charge in [0.1, 0.15) is 0 Å². The Morgan fingerprint density at radius 2 is 1.48 bits per heavy atom. The van der Waals surface area contributed by atoms with E-state index in [1.54, 1.807) is 0 Å². The fourth-order valence-electron chi connectivity index (χ4n) is 4.88. The van der Waals surface area contributed by atoms with Crippen LogP contribution in [-0.4, -0.2) is 9.97 Å². The van der Waals surface area contributed by atoms with E-state index in [2.05, 4.69) is 65.4 Å². The summed E-state index contributed by atoms with van der Waals surface area (Å²) in [6.07, 6.45) is 4.82. The Balaban J connectivity index is 1.78. The monoisotopic (exact) mass is 346 g/mol. The molecular weight excluding hydrogens is 328 g/mol. The van der Waals surface area contributed by atoms with Gasteiger partial charge in [-0.25, -0.2) is 0 Å². The number of fused-ring (bicyclic) bond motifs is 6. The van der Waals surface area contributed by atoms with Crippen LogP contribution in [0.1, 0.15) is 29.2 Å². The van der Waals surface area contributed by atoms with Crippen LogP contribution in [0.2, 0.25) is 0 Å². The summed E-state index contributed by atoms with van der Waals surface area (Å²) in [5, 5.41) is 2.66. The maximum Gasteiger partial charge on any atom is 0.0971 e. The van der Waals surface area contributed by atoms with Crippen LogP contribution >= 0.6 is 0 Å². The van der Waals surface area contributed by atoms with Gasteiger partial charge in [0.15, 0.2) is 0 Å². The van der Waals surface area contributed by atoms with Crippen molar-refractivity contribution >= 4 is 21.9 Å². The average molecular weight is 346 g/mol. The Morgan fingerprint density at radius 3 is 2.22 bits per heavy atom. The minimum Gasteiger partial charge on any atom is -0.254 e. The number of hydrogen-bond donors (Lipinski definition) is 0. The molecule has 0 bridgehead atoms. The second-order valence-corrected chi connectivity index (χ2v) is 7.51. The topological polar surface area (TPSA) is 25.8 Å². The van der Waals surface area contributed by atoms with E-state index >= 15 is 0 Å². The predicted molar refractivity (Wildman–Crippen MR) is 110 cm³/mol. The first-order valence-corrected chi connectivity index (χ1v) is 9.49. The van der Waals surface area contributed by atoms with Crippen LogP contribution in [-0.2, 0) is 6.42 Å². The molecule has 0 N–H and O–H groups in total. The number of allylic oxidation sites excluding steroid dienone is 1. The highest BCUT2D eigenvalue weighted by molar-refractivity contribution is 6.13. The number of nitrogens with zero attached hydrogens (tertiary/aromatic N) is 2. The Morgan fingerprint density at radius 1 is 0.778 bits per heavy atom. The molecule has 2 aliphatic rings. The van der Waals surface area contributed by atoms with Crippen molar-refractivity contribution < 1.29 is 0 Å². The van der Waals surface area contributed by atoms with Crippen molar-refractivity contribution in [2.75, 3.05) is 0 Å². The molecule has 2 heteroatoms.